The number of nitrogens with zero attached hydrogens (tertiary/aromatic N) is 2. The first-order valence-corrected chi connectivity index (χ1v) is 9.75. The number of carbonyl (C=O) groups excluding carboxylic acids is 2. The first-order valence-electron chi connectivity index (χ1n) is 8.96. The summed E-state index contributed by atoms with van der Waals surface area (Å²) in [6.45, 7) is 6.31. The van der Waals surface area contributed by atoms with Crippen LogP contribution in [-0.2, 0) is 11.3 Å². The summed E-state index contributed by atoms with van der Waals surface area (Å²) < 4.78 is 0.957. The smallest absolute Gasteiger partial charge is 0.329 e. The fourth-order valence-corrected chi connectivity index (χ4v) is 3.73. The Labute approximate surface area is 167 Å². The van der Waals surface area contributed by atoms with Crippen molar-refractivity contribution in [1.29, 1.82) is 0 Å². The molecular weight excluding hydrogens is 406 g/mol. The maximum atomic E-state index is 12.6. The van der Waals surface area contributed by atoms with E-state index in [0.29, 0.717) is 5.70 Å². The molecule has 2 aromatic rings. The number of urea groups is 1. The molecule has 0 saturated carbocycles. The summed E-state index contributed by atoms with van der Waals surface area (Å²) in [5, 5.41) is 2.67. The minimum atomic E-state index is -0.395. The third kappa shape index (κ3) is 4.22. The zero-order valence-electron chi connectivity index (χ0n) is 15.4. The van der Waals surface area contributed by atoms with Crippen LogP contribution in [0.5, 0.6) is 0 Å². The van der Waals surface area contributed by atoms with Gasteiger partial charge in [0, 0.05) is 17.6 Å². The molecule has 1 heterocycles. The largest absolute Gasteiger partial charge is 0.371 e. The van der Waals surface area contributed by atoms with Crippen LogP contribution in [0.3, 0.4) is 0 Å². The minimum absolute atomic E-state index is 0.257. The number of benzene rings is 2. The first-order chi connectivity index (χ1) is 13.0. The topological polar surface area (TPSA) is 52.7 Å². The monoisotopic (exact) mass is 427 g/mol. The van der Waals surface area contributed by atoms with Crippen molar-refractivity contribution in [2.75, 3.05) is 18.0 Å². The Morgan fingerprint density at radius 2 is 1.78 bits per heavy atom. The van der Waals surface area contributed by atoms with Crippen LogP contribution >= 0.6 is 15.9 Å². The predicted molar refractivity (Wildman–Crippen MR) is 111 cm³/mol. The van der Waals surface area contributed by atoms with Crippen molar-refractivity contribution in [3.05, 3.63) is 69.8 Å². The van der Waals surface area contributed by atoms with E-state index in [2.05, 4.69) is 40.0 Å². The van der Waals surface area contributed by atoms with Crippen molar-refractivity contribution in [2.24, 2.45) is 0 Å². The van der Waals surface area contributed by atoms with Gasteiger partial charge in [0.1, 0.15) is 5.70 Å². The van der Waals surface area contributed by atoms with E-state index >= 15 is 0 Å². The van der Waals surface area contributed by atoms with Crippen LogP contribution in [-0.4, -0.2) is 29.9 Å². The zero-order chi connectivity index (χ0) is 19.4. The Bertz CT molecular complexity index is 876. The number of hydrogen-bond donors (Lipinski definition) is 1. The van der Waals surface area contributed by atoms with E-state index in [1.165, 1.54) is 4.90 Å². The van der Waals surface area contributed by atoms with Crippen LogP contribution < -0.4 is 10.2 Å². The van der Waals surface area contributed by atoms with E-state index in [9.17, 15) is 9.59 Å². The van der Waals surface area contributed by atoms with Crippen LogP contribution in [0.15, 0.2) is 58.7 Å². The second kappa shape index (κ2) is 8.39. The summed E-state index contributed by atoms with van der Waals surface area (Å²) in [4.78, 5) is 28.3. The van der Waals surface area contributed by atoms with Gasteiger partial charge in [0.25, 0.3) is 5.91 Å². The quantitative estimate of drug-likeness (QED) is 0.549. The van der Waals surface area contributed by atoms with Gasteiger partial charge < -0.3 is 10.2 Å². The maximum Gasteiger partial charge on any atom is 0.329 e. The third-order valence-corrected chi connectivity index (χ3v) is 5.17. The molecule has 0 aromatic heterocycles. The average Bonchev–Trinajstić information content (AvgIpc) is 2.92. The van der Waals surface area contributed by atoms with Crippen LogP contribution in [0, 0.1) is 0 Å². The summed E-state index contributed by atoms with van der Waals surface area (Å²) in [5.41, 5.74) is 3.16. The highest BCUT2D eigenvalue weighted by Gasteiger charge is 2.33. The molecule has 2 aromatic carbocycles. The Hall–Kier alpha value is -2.60. The molecule has 0 spiro atoms. The summed E-state index contributed by atoms with van der Waals surface area (Å²) in [6.07, 6.45) is 1.71. The molecule has 3 amide bonds. The molecule has 0 unspecified atom stereocenters. The van der Waals surface area contributed by atoms with Crippen molar-refractivity contribution in [3.63, 3.8) is 0 Å². The first kappa shape index (κ1) is 19.2. The van der Waals surface area contributed by atoms with E-state index in [4.69, 9.17) is 0 Å². The average molecular weight is 428 g/mol. The SMILES string of the molecule is CCN(CC)c1ccc(/C=C2/NC(=O)N(Cc3ccccc3)C2=O)cc1Br. The highest BCUT2D eigenvalue weighted by molar-refractivity contribution is 9.10. The molecule has 0 atom stereocenters. The molecule has 1 aliphatic heterocycles. The summed E-state index contributed by atoms with van der Waals surface area (Å²) in [6, 6.07) is 15.0. The molecular formula is C21H22BrN3O2. The minimum Gasteiger partial charge on any atom is -0.371 e. The molecule has 1 aliphatic rings. The second-order valence-corrected chi connectivity index (χ2v) is 7.10. The van der Waals surface area contributed by atoms with Crippen molar-refractivity contribution < 1.29 is 9.59 Å². The van der Waals surface area contributed by atoms with Crippen molar-refractivity contribution in [2.45, 2.75) is 20.4 Å². The standard InChI is InChI=1S/C21H22BrN3O2/c1-3-24(4-2)19-11-10-16(12-17(19)22)13-18-20(26)25(21(27)23-18)14-15-8-6-5-7-9-15/h5-13H,3-4,14H2,1-2H3,(H,23,27)/b18-13+. The maximum absolute atomic E-state index is 12.6. The normalized spacial score (nSPS) is 15.4. The Morgan fingerprint density at radius 1 is 1.07 bits per heavy atom. The number of rotatable bonds is 6. The van der Waals surface area contributed by atoms with Gasteiger partial charge in [0.15, 0.2) is 0 Å². The predicted octanol–water partition coefficient (Wildman–Crippen LogP) is 4.39. The number of amides is 3. The van der Waals surface area contributed by atoms with Gasteiger partial charge in [-0.25, -0.2) is 4.79 Å². The molecule has 27 heavy (non-hydrogen) atoms. The van der Waals surface area contributed by atoms with Gasteiger partial charge in [-0.2, -0.15) is 0 Å². The van der Waals surface area contributed by atoms with Gasteiger partial charge >= 0.3 is 6.03 Å². The molecule has 1 saturated heterocycles. The fourth-order valence-electron chi connectivity index (χ4n) is 3.08. The number of hydrogen-bond acceptors (Lipinski definition) is 3. The van der Waals surface area contributed by atoms with Gasteiger partial charge in [-0.3, -0.25) is 9.69 Å². The number of carbonyl (C=O) groups is 2. The van der Waals surface area contributed by atoms with E-state index in [-0.39, 0.29) is 12.5 Å². The molecule has 3 rings (SSSR count). The Kier molecular flexibility index (Phi) is 5.96. The van der Waals surface area contributed by atoms with Gasteiger partial charge in [-0.1, -0.05) is 36.4 Å². The van der Waals surface area contributed by atoms with Crippen molar-refractivity contribution >= 4 is 39.6 Å². The number of nitrogens with one attached hydrogen (secondary N) is 1. The van der Waals surface area contributed by atoms with E-state index < -0.39 is 6.03 Å². The molecule has 140 valence electrons. The fraction of sp³-hybridized carbons (Fsp3) is 0.238. The second-order valence-electron chi connectivity index (χ2n) is 6.25. The Balaban J connectivity index is 1.80. The van der Waals surface area contributed by atoms with E-state index in [1.807, 2.05) is 48.5 Å². The lowest BCUT2D eigenvalue weighted by Gasteiger charge is -2.22. The van der Waals surface area contributed by atoms with Crippen LogP contribution in [0.25, 0.3) is 6.08 Å². The molecule has 0 bridgehead atoms. The summed E-state index contributed by atoms with van der Waals surface area (Å²) >= 11 is 3.61. The highest BCUT2D eigenvalue weighted by Crippen LogP contribution is 2.28. The third-order valence-electron chi connectivity index (χ3n) is 4.53. The molecule has 5 nitrogen and oxygen atoms in total. The lowest BCUT2D eigenvalue weighted by atomic mass is 10.1. The number of anilines is 1. The van der Waals surface area contributed by atoms with Gasteiger partial charge in [0.05, 0.1) is 12.2 Å². The lowest BCUT2D eigenvalue weighted by Crippen LogP contribution is -2.30. The van der Waals surface area contributed by atoms with Gasteiger partial charge in [0.2, 0.25) is 0 Å². The van der Waals surface area contributed by atoms with Crippen molar-refractivity contribution in [3.8, 4) is 0 Å². The van der Waals surface area contributed by atoms with Gasteiger partial charge in [-0.05, 0) is 59.1 Å². The number of halogens is 1. The van der Waals surface area contributed by atoms with Crippen LogP contribution in [0.2, 0.25) is 0 Å². The number of imide groups is 1. The van der Waals surface area contributed by atoms with Crippen molar-refractivity contribution in [1.82, 2.24) is 10.2 Å². The van der Waals surface area contributed by atoms with Crippen LogP contribution in [0.4, 0.5) is 10.5 Å². The highest BCUT2D eigenvalue weighted by atomic mass is 79.9. The van der Waals surface area contributed by atoms with E-state index in [1.54, 1.807) is 6.08 Å². The lowest BCUT2D eigenvalue weighted by molar-refractivity contribution is -0.123. The molecule has 6 heteroatoms. The van der Waals surface area contributed by atoms with Gasteiger partial charge in [-0.15, -0.1) is 0 Å². The van der Waals surface area contributed by atoms with E-state index in [0.717, 1.165) is 34.4 Å². The van der Waals surface area contributed by atoms with Crippen LogP contribution in [0.1, 0.15) is 25.0 Å². The molecule has 0 aliphatic carbocycles. The Morgan fingerprint density at radius 3 is 2.41 bits per heavy atom. The summed E-state index contributed by atoms with van der Waals surface area (Å²) in [5.74, 6) is -0.312. The molecule has 0 radical (unpaired) electrons. The molecule has 1 N–H and O–H groups in total. The molecule has 1 fully saturated rings. The zero-order valence-corrected chi connectivity index (χ0v) is 17.0. The summed E-state index contributed by atoms with van der Waals surface area (Å²) in [7, 11) is 0.